The van der Waals surface area contributed by atoms with Crippen LogP contribution in [0.25, 0.3) is 0 Å². The van der Waals surface area contributed by atoms with E-state index in [0.717, 1.165) is 0 Å². The normalized spacial score (nSPS) is 11.6. The molecular weight excluding hydrogens is 286 g/mol. The van der Waals surface area contributed by atoms with Crippen molar-refractivity contribution in [2.75, 3.05) is 11.5 Å². The Morgan fingerprint density at radius 3 is 1.53 bits per heavy atom. The maximum absolute atomic E-state index is 14.5. The summed E-state index contributed by atoms with van der Waals surface area (Å²) in [4.78, 5) is 0.607. The molecule has 4 N–H and O–H groups in total. The quantitative estimate of drug-likeness (QED) is 0.506. The van der Waals surface area contributed by atoms with E-state index in [0.29, 0.717) is 9.79 Å². The second-order valence-corrected chi connectivity index (χ2v) is 5.01. The fourth-order valence-corrected chi connectivity index (χ4v) is 2.21. The zero-order chi connectivity index (χ0) is 14.2. The van der Waals surface area contributed by atoms with E-state index >= 15 is 0 Å². The first-order valence-electron chi connectivity index (χ1n) is 5.39. The molecule has 6 heteroatoms. The summed E-state index contributed by atoms with van der Waals surface area (Å²) in [5, 5.41) is 0. The van der Waals surface area contributed by atoms with Gasteiger partial charge in [0.25, 0.3) is 0 Å². The zero-order valence-corrected chi connectivity index (χ0v) is 11.6. The molecule has 0 heterocycles. The molecule has 0 atom stereocenters. The van der Waals surface area contributed by atoms with Gasteiger partial charge in [-0.2, -0.15) is 8.78 Å². The Bertz CT molecular complexity index is 577. The van der Waals surface area contributed by atoms with E-state index in [1.54, 1.807) is 12.1 Å². The third-order valence-corrected chi connectivity index (χ3v) is 3.62. The minimum Gasteiger partial charge on any atom is -0.397 e. The second-order valence-electron chi connectivity index (χ2n) is 4.05. The highest BCUT2D eigenvalue weighted by Gasteiger charge is 2.38. The SMILES string of the molecule is Nc1c(S)cccc1C(F)(F)c1cccc(S)c1N. The molecule has 0 fully saturated rings. The number of halogens is 2. The van der Waals surface area contributed by atoms with Crippen LogP contribution in [0.2, 0.25) is 0 Å². The Kier molecular flexibility index (Phi) is 3.64. The first-order chi connectivity index (χ1) is 8.85. The van der Waals surface area contributed by atoms with Crippen LogP contribution < -0.4 is 11.5 Å². The molecule has 0 unspecified atom stereocenters. The van der Waals surface area contributed by atoms with E-state index < -0.39 is 5.92 Å². The van der Waals surface area contributed by atoms with Crippen molar-refractivity contribution in [2.24, 2.45) is 0 Å². The largest absolute Gasteiger partial charge is 0.397 e. The van der Waals surface area contributed by atoms with Crippen LogP contribution in [-0.4, -0.2) is 0 Å². The smallest absolute Gasteiger partial charge is 0.302 e. The average molecular weight is 298 g/mol. The summed E-state index contributed by atoms with van der Waals surface area (Å²) < 4.78 is 29.1. The number of benzene rings is 2. The standard InChI is InChI=1S/C13H12F2N2S2/c14-13(15,7-3-1-5-9(18)11(7)16)8-4-2-6-10(19)12(8)17/h1-6,18-19H,16-17H2. The molecule has 0 bridgehead atoms. The number of nitrogen functional groups attached to an aromatic ring is 2. The molecule has 0 aliphatic rings. The van der Waals surface area contributed by atoms with Crippen molar-refractivity contribution in [1.82, 2.24) is 0 Å². The van der Waals surface area contributed by atoms with E-state index in [9.17, 15) is 8.78 Å². The van der Waals surface area contributed by atoms with Gasteiger partial charge in [0.2, 0.25) is 0 Å². The van der Waals surface area contributed by atoms with E-state index in [2.05, 4.69) is 25.3 Å². The first kappa shape index (κ1) is 14.0. The maximum Gasteiger partial charge on any atom is 0.302 e. The Balaban J connectivity index is 2.65. The van der Waals surface area contributed by atoms with Crippen LogP contribution in [0.4, 0.5) is 20.2 Å². The predicted molar refractivity (Wildman–Crippen MR) is 79.2 cm³/mol. The molecule has 2 aromatic carbocycles. The number of thiol groups is 2. The van der Waals surface area contributed by atoms with Gasteiger partial charge in [-0.1, -0.05) is 24.3 Å². The van der Waals surface area contributed by atoms with Gasteiger partial charge in [0.1, 0.15) is 0 Å². The van der Waals surface area contributed by atoms with Crippen LogP contribution in [0.3, 0.4) is 0 Å². The van der Waals surface area contributed by atoms with Crippen LogP contribution in [0.15, 0.2) is 46.2 Å². The molecule has 2 aromatic rings. The van der Waals surface area contributed by atoms with Crippen molar-refractivity contribution in [3.63, 3.8) is 0 Å². The third kappa shape index (κ3) is 2.37. The average Bonchev–Trinajstić information content (AvgIpc) is 2.35. The molecule has 0 spiro atoms. The zero-order valence-electron chi connectivity index (χ0n) is 9.77. The highest BCUT2D eigenvalue weighted by Crippen LogP contribution is 2.43. The molecule has 0 aliphatic heterocycles. The number of hydrogen-bond acceptors (Lipinski definition) is 4. The molecular formula is C13H12F2N2S2. The molecule has 100 valence electrons. The molecule has 19 heavy (non-hydrogen) atoms. The Morgan fingerprint density at radius 2 is 1.16 bits per heavy atom. The lowest BCUT2D eigenvalue weighted by molar-refractivity contribution is 0.0441. The molecule has 0 amide bonds. The number of hydrogen-bond donors (Lipinski definition) is 4. The summed E-state index contributed by atoms with van der Waals surface area (Å²) in [7, 11) is 0. The minimum absolute atomic E-state index is 0.0557. The van der Waals surface area contributed by atoms with Crippen LogP contribution in [0.1, 0.15) is 11.1 Å². The lowest BCUT2D eigenvalue weighted by atomic mass is 9.97. The Morgan fingerprint density at radius 1 is 0.789 bits per heavy atom. The molecule has 0 radical (unpaired) electrons. The van der Waals surface area contributed by atoms with Crippen LogP contribution in [0.5, 0.6) is 0 Å². The van der Waals surface area contributed by atoms with Crippen molar-refractivity contribution in [1.29, 1.82) is 0 Å². The number of anilines is 2. The maximum atomic E-state index is 14.5. The summed E-state index contributed by atoms with van der Waals surface area (Å²) in [6.45, 7) is 0. The van der Waals surface area contributed by atoms with Crippen LogP contribution >= 0.6 is 25.3 Å². The Labute approximate surface area is 120 Å². The lowest BCUT2D eigenvalue weighted by Crippen LogP contribution is -2.19. The summed E-state index contributed by atoms with van der Waals surface area (Å²) >= 11 is 8.11. The van der Waals surface area contributed by atoms with Crippen LogP contribution in [0, 0.1) is 0 Å². The van der Waals surface area contributed by atoms with Crippen molar-refractivity contribution < 1.29 is 8.78 Å². The number of rotatable bonds is 2. The summed E-state index contributed by atoms with van der Waals surface area (Å²) in [5.41, 5.74) is 10.6. The van der Waals surface area contributed by atoms with Gasteiger partial charge in [0.15, 0.2) is 0 Å². The first-order valence-corrected chi connectivity index (χ1v) is 6.28. The molecule has 2 nitrogen and oxygen atoms in total. The van der Waals surface area contributed by atoms with E-state index in [1.165, 1.54) is 24.3 Å². The van der Waals surface area contributed by atoms with Gasteiger partial charge >= 0.3 is 5.92 Å². The van der Waals surface area contributed by atoms with E-state index in [-0.39, 0.29) is 22.5 Å². The summed E-state index contributed by atoms with van der Waals surface area (Å²) in [5.74, 6) is -3.30. The number of para-hydroxylation sites is 2. The molecule has 0 saturated carbocycles. The van der Waals surface area contributed by atoms with Gasteiger partial charge < -0.3 is 11.5 Å². The van der Waals surface area contributed by atoms with Crippen molar-refractivity contribution in [3.8, 4) is 0 Å². The number of nitrogens with two attached hydrogens (primary N) is 2. The fraction of sp³-hybridized carbons (Fsp3) is 0.0769. The number of alkyl halides is 2. The van der Waals surface area contributed by atoms with Gasteiger partial charge in [-0.25, -0.2) is 0 Å². The van der Waals surface area contributed by atoms with Crippen molar-refractivity contribution in [2.45, 2.75) is 15.7 Å². The monoisotopic (exact) mass is 298 g/mol. The van der Waals surface area contributed by atoms with Gasteiger partial charge in [0.05, 0.1) is 11.4 Å². The highest BCUT2D eigenvalue weighted by molar-refractivity contribution is 7.80. The van der Waals surface area contributed by atoms with E-state index in [1.807, 2.05) is 0 Å². The Hall–Kier alpha value is -1.40. The summed E-state index contributed by atoms with van der Waals surface area (Å²) in [6, 6.07) is 8.58. The second kappa shape index (κ2) is 4.94. The topological polar surface area (TPSA) is 52.0 Å². The predicted octanol–water partition coefficient (Wildman–Crippen LogP) is 3.57. The minimum atomic E-state index is -3.30. The van der Waals surface area contributed by atoms with Crippen LogP contribution in [-0.2, 0) is 5.92 Å². The molecule has 0 aliphatic carbocycles. The highest BCUT2D eigenvalue weighted by atomic mass is 32.1. The van der Waals surface area contributed by atoms with Gasteiger partial charge in [-0.15, -0.1) is 25.3 Å². The lowest BCUT2D eigenvalue weighted by Gasteiger charge is -2.21. The van der Waals surface area contributed by atoms with Gasteiger partial charge in [0, 0.05) is 20.9 Å². The fourth-order valence-electron chi connectivity index (χ4n) is 1.80. The van der Waals surface area contributed by atoms with Gasteiger partial charge in [-0.3, -0.25) is 0 Å². The van der Waals surface area contributed by atoms with Crippen molar-refractivity contribution >= 4 is 36.6 Å². The molecule has 2 rings (SSSR count). The van der Waals surface area contributed by atoms with Crippen molar-refractivity contribution in [3.05, 3.63) is 47.5 Å². The third-order valence-electron chi connectivity index (χ3n) is 2.84. The van der Waals surface area contributed by atoms with Gasteiger partial charge in [-0.05, 0) is 12.1 Å². The molecule has 0 saturated heterocycles. The molecule has 0 aromatic heterocycles. The summed E-state index contributed by atoms with van der Waals surface area (Å²) in [6.07, 6.45) is 0. The van der Waals surface area contributed by atoms with E-state index in [4.69, 9.17) is 11.5 Å².